The molecule has 4 nitrogen and oxygen atoms in total. The van der Waals surface area contributed by atoms with E-state index in [1.54, 1.807) is 6.33 Å². The molecule has 1 aromatic heterocycles. The summed E-state index contributed by atoms with van der Waals surface area (Å²) >= 11 is 0. The fourth-order valence-corrected chi connectivity index (χ4v) is 1.79. The maximum Gasteiger partial charge on any atom is 0.164 e. The Balaban J connectivity index is 2.35. The smallest absolute Gasteiger partial charge is 0.164 e. The predicted molar refractivity (Wildman–Crippen MR) is 71.6 cm³/mol. The first kappa shape index (κ1) is 12.6. The van der Waals surface area contributed by atoms with E-state index in [0.29, 0.717) is 6.61 Å². The van der Waals surface area contributed by atoms with E-state index in [1.165, 1.54) is 0 Å². The average molecular weight is 245 g/mol. The van der Waals surface area contributed by atoms with E-state index in [9.17, 15) is 0 Å². The van der Waals surface area contributed by atoms with Gasteiger partial charge in [-0.1, -0.05) is 0 Å². The minimum atomic E-state index is -0.0303. The van der Waals surface area contributed by atoms with Crippen molar-refractivity contribution < 1.29 is 4.74 Å². The van der Waals surface area contributed by atoms with Crippen LogP contribution in [-0.4, -0.2) is 21.4 Å². The van der Waals surface area contributed by atoms with Gasteiger partial charge >= 0.3 is 0 Å². The zero-order valence-corrected chi connectivity index (χ0v) is 11.3. The van der Waals surface area contributed by atoms with Crippen molar-refractivity contribution >= 4 is 0 Å². The molecule has 0 amide bonds. The van der Waals surface area contributed by atoms with Gasteiger partial charge in [-0.2, -0.15) is 0 Å². The molecule has 2 aromatic rings. The third-order valence-electron chi connectivity index (χ3n) is 2.69. The van der Waals surface area contributed by atoms with Crippen LogP contribution in [0.15, 0.2) is 30.6 Å². The Kier molecular flexibility index (Phi) is 3.36. The molecule has 2 rings (SSSR count). The molecule has 0 bridgehead atoms. The Bertz CT molecular complexity index is 509. The normalized spacial score (nSPS) is 11.6. The van der Waals surface area contributed by atoms with Gasteiger partial charge in [0.15, 0.2) is 5.82 Å². The van der Waals surface area contributed by atoms with Crippen molar-refractivity contribution in [1.29, 1.82) is 0 Å². The van der Waals surface area contributed by atoms with Crippen LogP contribution in [0.4, 0.5) is 0 Å². The second-order valence-electron chi connectivity index (χ2n) is 5.15. The Morgan fingerprint density at radius 3 is 2.39 bits per heavy atom. The van der Waals surface area contributed by atoms with Crippen molar-refractivity contribution in [1.82, 2.24) is 14.8 Å². The quantitative estimate of drug-likeness (QED) is 0.834. The molecule has 0 aliphatic heterocycles. The van der Waals surface area contributed by atoms with E-state index >= 15 is 0 Å². The van der Waals surface area contributed by atoms with Gasteiger partial charge in [0.05, 0.1) is 6.61 Å². The van der Waals surface area contributed by atoms with Crippen molar-refractivity contribution in [3.63, 3.8) is 0 Å². The SMILES string of the molecule is CCOc1ccc(-c2nncn2C(C)(C)C)cc1. The van der Waals surface area contributed by atoms with E-state index < -0.39 is 0 Å². The molecule has 0 radical (unpaired) electrons. The first-order valence-corrected chi connectivity index (χ1v) is 6.16. The van der Waals surface area contributed by atoms with Gasteiger partial charge in [-0.25, -0.2) is 0 Å². The van der Waals surface area contributed by atoms with Crippen LogP contribution in [0.25, 0.3) is 11.4 Å². The first-order valence-electron chi connectivity index (χ1n) is 6.16. The fourth-order valence-electron chi connectivity index (χ4n) is 1.79. The fraction of sp³-hybridized carbons (Fsp3) is 0.429. The highest BCUT2D eigenvalue weighted by Gasteiger charge is 2.18. The summed E-state index contributed by atoms with van der Waals surface area (Å²) in [5.74, 6) is 1.76. The van der Waals surface area contributed by atoms with Gasteiger partial charge in [0.25, 0.3) is 0 Å². The third-order valence-corrected chi connectivity index (χ3v) is 2.69. The molecular formula is C14H19N3O. The molecule has 0 saturated carbocycles. The summed E-state index contributed by atoms with van der Waals surface area (Å²) in [6.45, 7) is 9.05. The highest BCUT2D eigenvalue weighted by Crippen LogP contribution is 2.25. The highest BCUT2D eigenvalue weighted by atomic mass is 16.5. The predicted octanol–water partition coefficient (Wildman–Crippen LogP) is 3.10. The molecule has 1 aromatic carbocycles. The lowest BCUT2D eigenvalue weighted by Gasteiger charge is -2.22. The summed E-state index contributed by atoms with van der Waals surface area (Å²) < 4.78 is 7.50. The zero-order chi connectivity index (χ0) is 13.2. The Hall–Kier alpha value is -1.84. The monoisotopic (exact) mass is 245 g/mol. The van der Waals surface area contributed by atoms with E-state index in [4.69, 9.17) is 4.74 Å². The van der Waals surface area contributed by atoms with Crippen LogP contribution in [0.1, 0.15) is 27.7 Å². The lowest BCUT2D eigenvalue weighted by atomic mass is 10.1. The number of hydrogen-bond acceptors (Lipinski definition) is 3. The molecule has 0 aliphatic rings. The van der Waals surface area contributed by atoms with Crippen LogP contribution in [0, 0.1) is 0 Å². The van der Waals surface area contributed by atoms with Crippen LogP contribution in [-0.2, 0) is 5.54 Å². The molecule has 0 saturated heterocycles. The number of hydrogen-bond donors (Lipinski definition) is 0. The van der Waals surface area contributed by atoms with Crippen molar-refractivity contribution in [3.05, 3.63) is 30.6 Å². The maximum atomic E-state index is 5.43. The van der Waals surface area contributed by atoms with E-state index in [0.717, 1.165) is 17.1 Å². The Morgan fingerprint density at radius 1 is 1.17 bits per heavy atom. The van der Waals surface area contributed by atoms with Crippen LogP contribution >= 0.6 is 0 Å². The van der Waals surface area contributed by atoms with E-state index in [-0.39, 0.29) is 5.54 Å². The van der Waals surface area contributed by atoms with Crippen LogP contribution in [0.3, 0.4) is 0 Å². The summed E-state index contributed by atoms with van der Waals surface area (Å²) in [4.78, 5) is 0. The summed E-state index contributed by atoms with van der Waals surface area (Å²) in [5.41, 5.74) is 1.02. The molecule has 0 spiro atoms. The molecule has 1 heterocycles. The van der Waals surface area contributed by atoms with Crippen molar-refractivity contribution in [2.24, 2.45) is 0 Å². The van der Waals surface area contributed by atoms with Crippen molar-refractivity contribution in [2.75, 3.05) is 6.61 Å². The lowest BCUT2D eigenvalue weighted by molar-refractivity contribution is 0.340. The third kappa shape index (κ3) is 2.53. The minimum Gasteiger partial charge on any atom is -0.494 e. The summed E-state index contributed by atoms with van der Waals surface area (Å²) in [6, 6.07) is 7.94. The highest BCUT2D eigenvalue weighted by molar-refractivity contribution is 5.56. The molecule has 18 heavy (non-hydrogen) atoms. The van der Waals surface area contributed by atoms with Crippen LogP contribution < -0.4 is 4.74 Å². The van der Waals surface area contributed by atoms with Gasteiger partial charge in [-0.15, -0.1) is 10.2 Å². The zero-order valence-electron chi connectivity index (χ0n) is 11.3. The molecule has 4 heteroatoms. The van der Waals surface area contributed by atoms with Gasteiger partial charge in [-0.05, 0) is 52.0 Å². The largest absolute Gasteiger partial charge is 0.494 e. The van der Waals surface area contributed by atoms with Crippen LogP contribution in [0.5, 0.6) is 5.75 Å². The number of ether oxygens (including phenoxy) is 1. The Labute approximate surface area is 108 Å². The van der Waals surface area contributed by atoms with Gasteiger partial charge in [0.1, 0.15) is 12.1 Å². The summed E-state index contributed by atoms with van der Waals surface area (Å²) in [5, 5.41) is 8.21. The minimum absolute atomic E-state index is 0.0303. The molecule has 96 valence electrons. The molecule has 0 N–H and O–H groups in total. The first-order chi connectivity index (χ1) is 8.52. The number of benzene rings is 1. The Morgan fingerprint density at radius 2 is 1.83 bits per heavy atom. The molecule has 0 aliphatic carbocycles. The van der Waals surface area contributed by atoms with E-state index in [2.05, 4.69) is 35.5 Å². The number of aromatic nitrogens is 3. The van der Waals surface area contributed by atoms with Crippen LogP contribution in [0.2, 0.25) is 0 Å². The standard InChI is InChI=1S/C14H19N3O/c1-5-18-12-8-6-11(7-9-12)13-16-15-10-17(13)14(2,3)4/h6-10H,5H2,1-4H3. The van der Waals surface area contributed by atoms with Gasteiger partial charge in [0, 0.05) is 11.1 Å². The molecule has 0 fully saturated rings. The molecular weight excluding hydrogens is 226 g/mol. The second-order valence-corrected chi connectivity index (χ2v) is 5.15. The number of rotatable bonds is 3. The van der Waals surface area contributed by atoms with Gasteiger partial charge in [-0.3, -0.25) is 0 Å². The average Bonchev–Trinajstić information content (AvgIpc) is 2.79. The number of nitrogens with zero attached hydrogens (tertiary/aromatic N) is 3. The van der Waals surface area contributed by atoms with Crippen molar-refractivity contribution in [2.45, 2.75) is 33.2 Å². The van der Waals surface area contributed by atoms with Crippen molar-refractivity contribution in [3.8, 4) is 17.1 Å². The molecule has 0 atom stereocenters. The topological polar surface area (TPSA) is 39.9 Å². The summed E-state index contributed by atoms with van der Waals surface area (Å²) in [7, 11) is 0. The van der Waals surface area contributed by atoms with Gasteiger partial charge < -0.3 is 9.30 Å². The lowest BCUT2D eigenvalue weighted by Crippen LogP contribution is -2.21. The maximum absolute atomic E-state index is 5.43. The second kappa shape index (κ2) is 4.80. The summed E-state index contributed by atoms with van der Waals surface area (Å²) in [6.07, 6.45) is 1.77. The van der Waals surface area contributed by atoms with Gasteiger partial charge in [0.2, 0.25) is 0 Å². The molecule has 0 unspecified atom stereocenters. The van der Waals surface area contributed by atoms with E-state index in [1.807, 2.05) is 31.2 Å².